The van der Waals surface area contributed by atoms with Crippen molar-refractivity contribution in [3.8, 4) is 0 Å². The van der Waals surface area contributed by atoms with E-state index in [1.54, 1.807) is 0 Å². The second-order valence-electron chi connectivity index (χ2n) is 2.61. The lowest BCUT2D eigenvalue weighted by molar-refractivity contribution is 0.809. The molecule has 8 heavy (non-hydrogen) atoms. The van der Waals surface area contributed by atoms with Crippen molar-refractivity contribution in [3.63, 3.8) is 0 Å². The van der Waals surface area contributed by atoms with Crippen LogP contribution in [0.3, 0.4) is 0 Å². The Morgan fingerprint density at radius 2 is 1.62 bits per heavy atom. The third kappa shape index (κ3) is 5.74. The van der Waals surface area contributed by atoms with Crippen molar-refractivity contribution in [2.24, 2.45) is 11.8 Å². The van der Waals surface area contributed by atoms with Crippen molar-refractivity contribution < 1.29 is 0 Å². The van der Waals surface area contributed by atoms with Crippen LogP contribution in [0.2, 0.25) is 0 Å². The smallest absolute Gasteiger partial charge is 0.0262 e. The Hall–Kier alpha value is -0.260. The maximum Gasteiger partial charge on any atom is -0.0262 e. The highest BCUT2D eigenvalue weighted by molar-refractivity contribution is 4.89. The van der Waals surface area contributed by atoms with E-state index in [1.807, 2.05) is 0 Å². The summed E-state index contributed by atoms with van der Waals surface area (Å²) in [5.74, 6) is 1.12. The summed E-state index contributed by atoms with van der Waals surface area (Å²) in [6.45, 7) is 10.2. The van der Waals surface area contributed by atoms with E-state index in [0.29, 0.717) is 11.8 Å². The van der Waals surface area contributed by atoms with Gasteiger partial charge in [0, 0.05) is 0 Å². The van der Waals surface area contributed by atoms with Crippen molar-refractivity contribution in [1.82, 2.24) is 0 Å². The summed E-state index contributed by atoms with van der Waals surface area (Å²) in [7, 11) is 0. The SMILES string of the molecule is [CH2]C(C)C=CC(C)C. The van der Waals surface area contributed by atoms with Gasteiger partial charge in [-0.2, -0.15) is 0 Å². The maximum absolute atomic E-state index is 3.82. The molecule has 0 aromatic rings. The van der Waals surface area contributed by atoms with Crippen LogP contribution in [0.25, 0.3) is 0 Å². The van der Waals surface area contributed by atoms with Crippen LogP contribution in [0.5, 0.6) is 0 Å². The van der Waals surface area contributed by atoms with Crippen molar-refractivity contribution in [2.75, 3.05) is 0 Å². The molecule has 0 heteroatoms. The van der Waals surface area contributed by atoms with Gasteiger partial charge in [0.2, 0.25) is 0 Å². The second kappa shape index (κ2) is 3.71. The summed E-state index contributed by atoms with van der Waals surface area (Å²) in [6, 6.07) is 0. The van der Waals surface area contributed by atoms with E-state index in [9.17, 15) is 0 Å². The van der Waals surface area contributed by atoms with Crippen molar-refractivity contribution >= 4 is 0 Å². The number of allylic oxidation sites excluding steroid dienone is 2. The minimum Gasteiger partial charge on any atom is -0.0857 e. The molecule has 0 spiro atoms. The van der Waals surface area contributed by atoms with E-state index in [-0.39, 0.29) is 0 Å². The van der Waals surface area contributed by atoms with Crippen LogP contribution in [0.15, 0.2) is 12.2 Å². The topological polar surface area (TPSA) is 0 Å². The molecular formula is C8H15. The lowest BCUT2D eigenvalue weighted by atomic mass is 10.1. The quantitative estimate of drug-likeness (QED) is 0.480. The third-order valence-electron chi connectivity index (χ3n) is 0.825. The van der Waals surface area contributed by atoms with Gasteiger partial charge in [-0.1, -0.05) is 32.9 Å². The van der Waals surface area contributed by atoms with Crippen LogP contribution in [0.1, 0.15) is 20.8 Å². The van der Waals surface area contributed by atoms with Gasteiger partial charge >= 0.3 is 0 Å². The Labute approximate surface area is 52.6 Å². The third-order valence-corrected chi connectivity index (χ3v) is 0.825. The summed E-state index contributed by atoms with van der Waals surface area (Å²) in [4.78, 5) is 0. The average molecular weight is 111 g/mol. The summed E-state index contributed by atoms with van der Waals surface area (Å²) in [5.41, 5.74) is 0. The molecule has 0 aliphatic carbocycles. The molecule has 0 aliphatic rings. The van der Waals surface area contributed by atoms with E-state index in [1.165, 1.54) is 0 Å². The molecule has 0 rings (SSSR count). The van der Waals surface area contributed by atoms with Gasteiger partial charge < -0.3 is 0 Å². The Morgan fingerprint density at radius 3 is 1.75 bits per heavy atom. The predicted molar refractivity (Wildman–Crippen MR) is 38.5 cm³/mol. The van der Waals surface area contributed by atoms with E-state index >= 15 is 0 Å². The monoisotopic (exact) mass is 111 g/mol. The zero-order valence-corrected chi connectivity index (χ0v) is 6.02. The second-order valence-corrected chi connectivity index (χ2v) is 2.61. The molecule has 0 heterocycles. The van der Waals surface area contributed by atoms with E-state index in [0.717, 1.165) is 0 Å². The molecule has 0 fully saturated rings. The van der Waals surface area contributed by atoms with Gasteiger partial charge in [0.25, 0.3) is 0 Å². The van der Waals surface area contributed by atoms with Gasteiger partial charge in [0.05, 0.1) is 0 Å². The lowest BCUT2D eigenvalue weighted by Gasteiger charge is -1.95. The highest BCUT2D eigenvalue weighted by Crippen LogP contribution is 1.98. The van der Waals surface area contributed by atoms with Crippen molar-refractivity contribution in [3.05, 3.63) is 19.1 Å². The average Bonchev–Trinajstić information content (AvgIpc) is 1.61. The van der Waals surface area contributed by atoms with Gasteiger partial charge in [-0.15, -0.1) is 0 Å². The van der Waals surface area contributed by atoms with E-state index in [4.69, 9.17) is 0 Å². The number of hydrogen-bond acceptors (Lipinski definition) is 0. The van der Waals surface area contributed by atoms with Crippen LogP contribution in [-0.2, 0) is 0 Å². The summed E-state index contributed by atoms with van der Waals surface area (Å²) in [6.07, 6.45) is 4.31. The zero-order valence-electron chi connectivity index (χ0n) is 6.02. The number of rotatable bonds is 2. The molecule has 47 valence electrons. The fourth-order valence-corrected chi connectivity index (χ4v) is 0.412. The molecule has 1 radical (unpaired) electrons. The largest absolute Gasteiger partial charge is 0.0857 e. The van der Waals surface area contributed by atoms with Gasteiger partial charge in [-0.25, -0.2) is 0 Å². The molecule has 0 amide bonds. The van der Waals surface area contributed by atoms with Gasteiger partial charge in [-0.05, 0) is 18.8 Å². The lowest BCUT2D eigenvalue weighted by Crippen LogP contribution is -1.82. The Morgan fingerprint density at radius 1 is 1.12 bits per heavy atom. The molecule has 0 aliphatic heterocycles. The fourth-order valence-electron chi connectivity index (χ4n) is 0.412. The van der Waals surface area contributed by atoms with E-state index < -0.39 is 0 Å². The highest BCUT2D eigenvalue weighted by Gasteiger charge is 1.85. The van der Waals surface area contributed by atoms with Crippen LogP contribution in [0, 0.1) is 18.8 Å². The van der Waals surface area contributed by atoms with Crippen molar-refractivity contribution in [2.45, 2.75) is 20.8 Å². The minimum absolute atomic E-state index is 0.456. The standard InChI is InChI=1S/C8H15/c1-7(2)5-6-8(3)4/h5-8H,1H2,2-4H3. The molecule has 1 unspecified atom stereocenters. The van der Waals surface area contributed by atoms with Crippen LogP contribution in [-0.4, -0.2) is 0 Å². The van der Waals surface area contributed by atoms with Gasteiger partial charge in [-0.3, -0.25) is 0 Å². The molecule has 0 aromatic carbocycles. The van der Waals surface area contributed by atoms with Crippen LogP contribution >= 0.6 is 0 Å². The first-order chi connectivity index (χ1) is 3.63. The molecule has 0 aromatic heterocycles. The highest BCUT2D eigenvalue weighted by atomic mass is 13.9. The van der Waals surface area contributed by atoms with Crippen LogP contribution < -0.4 is 0 Å². The zero-order chi connectivity index (χ0) is 6.57. The molecule has 0 N–H and O–H groups in total. The first kappa shape index (κ1) is 7.74. The molecule has 1 atom stereocenters. The fraction of sp³-hybridized carbons (Fsp3) is 0.625. The first-order valence-electron chi connectivity index (χ1n) is 3.14. The Bertz CT molecular complexity index is 58.1. The van der Waals surface area contributed by atoms with Gasteiger partial charge in [0.15, 0.2) is 0 Å². The Balaban J connectivity index is 3.34. The normalized spacial score (nSPS) is 12.2. The first-order valence-corrected chi connectivity index (χ1v) is 3.14. The molecule has 0 nitrogen and oxygen atoms in total. The summed E-state index contributed by atoms with van der Waals surface area (Å²) < 4.78 is 0. The summed E-state index contributed by atoms with van der Waals surface area (Å²) >= 11 is 0. The Kier molecular flexibility index (Phi) is 3.59. The van der Waals surface area contributed by atoms with E-state index in [2.05, 4.69) is 39.8 Å². The number of hydrogen-bond donors (Lipinski definition) is 0. The minimum atomic E-state index is 0.456. The molecule has 0 bridgehead atoms. The van der Waals surface area contributed by atoms with Crippen LogP contribution in [0.4, 0.5) is 0 Å². The maximum atomic E-state index is 3.82. The predicted octanol–water partition coefficient (Wildman–Crippen LogP) is 2.67. The molecular weight excluding hydrogens is 96.1 g/mol. The molecule has 0 saturated carbocycles. The van der Waals surface area contributed by atoms with Gasteiger partial charge in [0.1, 0.15) is 0 Å². The summed E-state index contributed by atoms with van der Waals surface area (Å²) in [5, 5.41) is 0. The van der Waals surface area contributed by atoms with Crippen molar-refractivity contribution in [1.29, 1.82) is 0 Å². The molecule has 0 saturated heterocycles.